The van der Waals surface area contributed by atoms with Crippen molar-refractivity contribution < 1.29 is 14.3 Å². The number of benzene rings is 1. The first-order valence-electron chi connectivity index (χ1n) is 11.7. The number of aromatic nitrogens is 1. The lowest BCUT2D eigenvalue weighted by molar-refractivity contribution is -0.154. The van der Waals surface area contributed by atoms with Gasteiger partial charge in [-0.15, -0.1) is 0 Å². The van der Waals surface area contributed by atoms with Crippen molar-refractivity contribution >= 4 is 11.7 Å². The second kappa shape index (κ2) is 8.68. The van der Waals surface area contributed by atoms with E-state index in [1.54, 1.807) is 13.3 Å². The molecule has 1 saturated carbocycles. The van der Waals surface area contributed by atoms with Crippen molar-refractivity contribution in [1.29, 1.82) is 5.26 Å². The van der Waals surface area contributed by atoms with Crippen LogP contribution in [0.4, 0.5) is 5.82 Å². The first-order valence-corrected chi connectivity index (χ1v) is 11.7. The maximum atomic E-state index is 13.2. The number of likely N-dealkylation sites (tertiary alicyclic amines) is 1. The highest BCUT2D eigenvalue weighted by atomic mass is 16.5. The van der Waals surface area contributed by atoms with E-state index in [4.69, 9.17) is 14.7 Å². The monoisotopic (exact) mass is 446 g/mol. The first kappa shape index (κ1) is 21.7. The standard InChI is InChI=1S/C26H30N4O3/c1-18-11-21-15-29(16-23(18)30(21)24-8-7-19(13-27)14-28-24)25(31)17-33-26(9-4-10-26)20-5-3-6-22(12-20)32-2/h3,5-8,12,14,18,21,23H,4,9-11,15-17H2,1-2H3/t18-,21?,23?/m0/s1. The van der Waals surface area contributed by atoms with Crippen molar-refractivity contribution in [2.24, 2.45) is 5.92 Å². The van der Waals surface area contributed by atoms with Crippen LogP contribution in [0, 0.1) is 17.2 Å². The van der Waals surface area contributed by atoms with Gasteiger partial charge in [0.25, 0.3) is 0 Å². The van der Waals surface area contributed by atoms with Crippen LogP contribution >= 0.6 is 0 Å². The third-order valence-electron chi connectivity index (χ3n) is 7.61. The molecule has 2 aliphatic heterocycles. The number of pyridine rings is 1. The van der Waals surface area contributed by atoms with E-state index in [0.717, 1.165) is 42.8 Å². The Labute approximate surface area is 194 Å². The van der Waals surface area contributed by atoms with E-state index in [9.17, 15) is 4.79 Å². The molecule has 2 bridgehead atoms. The number of hydrogen-bond acceptors (Lipinski definition) is 6. The molecule has 5 rings (SSSR count). The number of fused-ring (bicyclic) bond motifs is 2. The van der Waals surface area contributed by atoms with Crippen molar-refractivity contribution in [3.63, 3.8) is 0 Å². The van der Waals surface area contributed by atoms with E-state index in [1.165, 1.54) is 0 Å². The number of carbonyl (C=O) groups excluding carboxylic acids is 1. The third-order valence-corrected chi connectivity index (χ3v) is 7.61. The van der Waals surface area contributed by atoms with Gasteiger partial charge in [-0.25, -0.2) is 4.98 Å². The average molecular weight is 447 g/mol. The summed E-state index contributed by atoms with van der Waals surface area (Å²) in [4.78, 5) is 22.0. The highest BCUT2D eigenvalue weighted by Gasteiger charge is 2.47. The molecule has 0 spiro atoms. The lowest BCUT2D eigenvalue weighted by Gasteiger charge is -2.44. The molecule has 33 heavy (non-hydrogen) atoms. The molecule has 7 nitrogen and oxygen atoms in total. The van der Waals surface area contributed by atoms with Crippen molar-refractivity contribution in [1.82, 2.24) is 9.88 Å². The van der Waals surface area contributed by atoms with Gasteiger partial charge < -0.3 is 19.3 Å². The largest absolute Gasteiger partial charge is 0.497 e. The van der Waals surface area contributed by atoms with Gasteiger partial charge in [0.2, 0.25) is 5.91 Å². The Morgan fingerprint density at radius 3 is 2.76 bits per heavy atom. The van der Waals surface area contributed by atoms with Gasteiger partial charge in [0.05, 0.1) is 24.3 Å². The minimum absolute atomic E-state index is 0.0562. The molecule has 1 aromatic carbocycles. The van der Waals surface area contributed by atoms with Gasteiger partial charge >= 0.3 is 0 Å². The van der Waals surface area contributed by atoms with Gasteiger partial charge in [-0.3, -0.25) is 4.79 Å². The predicted molar refractivity (Wildman–Crippen MR) is 124 cm³/mol. The first-order chi connectivity index (χ1) is 16.0. The van der Waals surface area contributed by atoms with Gasteiger partial charge in [0.15, 0.2) is 0 Å². The second-order valence-electron chi connectivity index (χ2n) is 9.53. The summed E-state index contributed by atoms with van der Waals surface area (Å²) in [5, 5.41) is 9.06. The number of methoxy groups -OCH3 is 1. The highest BCUT2D eigenvalue weighted by Crippen LogP contribution is 2.45. The van der Waals surface area contributed by atoms with Crippen LogP contribution in [0.25, 0.3) is 0 Å². The molecule has 2 unspecified atom stereocenters. The number of nitrogens with zero attached hydrogens (tertiary/aromatic N) is 4. The lowest BCUT2D eigenvalue weighted by Crippen LogP contribution is -2.57. The molecule has 0 N–H and O–H groups in total. The molecule has 3 aliphatic rings. The zero-order valence-corrected chi connectivity index (χ0v) is 19.2. The Balaban J connectivity index is 1.25. The molecular formula is C26H30N4O3. The van der Waals surface area contributed by atoms with Crippen molar-refractivity contribution in [3.8, 4) is 11.8 Å². The topological polar surface area (TPSA) is 78.7 Å². The molecule has 1 aromatic heterocycles. The molecule has 1 amide bonds. The zero-order chi connectivity index (χ0) is 23.0. The van der Waals surface area contributed by atoms with Crippen LogP contribution in [0.2, 0.25) is 0 Å². The molecule has 3 heterocycles. The van der Waals surface area contributed by atoms with E-state index < -0.39 is 0 Å². The van der Waals surface area contributed by atoms with Crippen molar-refractivity contribution in [2.75, 3.05) is 31.7 Å². The smallest absolute Gasteiger partial charge is 0.248 e. The summed E-state index contributed by atoms with van der Waals surface area (Å²) in [5.74, 6) is 2.23. The number of ether oxygens (including phenoxy) is 2. The Hall–Kier alpha value is -3.11. The molecule has 2 aromatic rings. The van der Waals surface area contributed by atoms with E-state index in [1.807, 2.05) is 35.2 Å². The van der Waals surface area contributed by atoms with Gasteiger partial charge in [0.1, 0.15) is 24.2 Å². The van der Waals surface area contributed by atoms with E-state index in [-0.39, 0.29) is 30.2 Å². The van der Waals surface area contributed by atoms with Crippen molar-refractivity contribution in [2.45, 2.75) is 50.3 Å². The number of nitriles is 1. The predicted octanol–water partition coefficient (Wildman–Crippen LogP) is 3.48. The molecular weight excluding hydrogens is 416 g/mol. The molecule has 2 saturated heterocycles. The van der Waals surface area contributed by atoms with Crippen LogP contribution < -0.4 is 9.64 Å². The van der Waals surface area contributed by atoms with Crippen LogP contribution in [0.15, 0.2) is 42.6 Å². The molecule has 3 atom stereocenters. The lowest BCUT2D eigenvalue weighted by atomic mass is 9.75. The fraction of sp³-hybridized carbons (Fsp3) is 0.500. The Kier molecular flexibility index (Phi) is 5.71. The molecule has 0 radical (unpaired) electrons. The maximum Gasteiger partial charge on any atom is 0.248 e. The average Bonchev–Trinajstić information content (AvgIpc) is 3.02. The summed E-state index contributed by atoms with van der Waals surface area (Å²) in [6, 6.07) is 14.3. The summed E-state index contributed by atoms with van der Waals surface area (Å²) in [7, 11) is 1.67. The summed E-state index contributed by atoms with van der Waals surface area (Å²) in [5.41, 5.74) is 1.27. The van der Waals surface area contributed by atoms with Crippen LogP contribution in [0.3, 0.4) is 0 Å². The van der Waals surface area contributed by atoms with Crippen LogP contribution in [-0.2, 0) is 15.1 Å². The van der Waals surface area contributed by atoms with Gasteiger partial charge in [-0.05, 0) is 61.4 Å². The SMILES string of the molecule is COc1cccc(C2(OCC(=O)N3CC4C[C@H](C)C(C3)N4c3ccc(C#N)cn3)CCC2)c1. The number of piperazine rings is 1. The number of hydrogen-bond donors (Lipinski definition) is 0. The summed E-state index contributed by atoms with van der Waals surface area (Å²) in [6.07, 6.45) is 5.61. The highest BCUT2D eigenvalue weighted by molar-refractivity contribution is 5.78. The summed E-state index contributed by atoms with van der Waals surface area (Å²) >= 11 is 0. The zero-order valence-electron chi connectivity index (χ0n) is 19.2. The Bertz CT molecular complexity index is 1060. The molecule has 3 fully saturated rings. The van der Waals surface area contributed by atoms with Gasteiger partial charge in [-0.2, -0.15) is 5.26 Å². The number of amides is 1. The Morgan fingerprint density at radius 1 is 1.27 bits per heavy atom. The quantitative estimate of drug-likeness (QED) is 0.676. The Morgan fingerprint density at radius 2 is 2.12 bits per heavy atom. The summed E-state index contributed by atoms with van der Waals surface area (Å²) in [6.45, 7) is 3.70. The van der Waals surface area contributed by atoms with E-state index >= 15 is 0 Å². The minimum atomic E-state index is -0.384. The molecule has 7 heteroatoms. The summed E-state index contributed by atoms with van der Waals surface area (Å²) < 4.78 is 11.7. The van der Waals surface area contributed by atoms with Gasteiger partial charge in [-0.1, -0.05) is 19.1 Å². The minimum Gasteiger partial charge on any atom is -0.497 e. The number of anilines is 1. The third kappa shape index (κ3) is 3.93. The number of carbonyl (C=O) groups is 1. The fourth-order valence-electron chi connectivity index (χ4n) is 5.61. The van der Waals surface area contributed by atoms with Crippen LogP contribution in [-0.4, -0.2) is 54.7 Å². The van der Waals surface area contributed by atoms with Crippen LogP contribution in [0.1, 0.15) is 43.7 Å². The normalized spacial score (nSPS) is 25.3. The molecule has 1 aliphatic carbocycles. The second-order valence-corrected chi connectivity index (χ2v) is 9.53. The number of rotatable bonds is 6. The van der Waals surface area contributed by atoms with E-state index in [2.05, 4.69) is 28.9 Å². The van der Waals surface area contributed by atoms with Gasteiger partial charge in [0, 0.05) is 25.3 Å². The van der Waals surface area contributed by atoms with Crippen LogP contribution in [0.5, 0.6) is 5.75 Å². The molecule has 172 valence electrons. The fourth-order valence-corrected chi connectivity index (χ4v) is 5.61. The van der Waals surface area contributed by atoms with E-state index in [0.29, 0.717) is 24.6 Å². The maximum absolute atomic E-state index is 13.2. The van der Waals surface area contributed by atoms with Crippen molar-refractivity contribution in [3.05, 3.63) is 53.7 Å².